The van der Waals surface area contributed by atoms with Crippen LogP contribution < -0.4 is 4.74 Å². The molecule has 0 unspecified atom stereocenters. The first-order chi connectivity index (χ1) is 6.85. The SMILES string of the molecule is CCOc1noc2cc(N=O)ccc12. The van der Waals surface area contributed by atoms with E-state index in [1.807, 2.05) is 6.92 Å². The van der Waals surface area contributed by atoms with Crippen molar-refractivity contribution in [2.45, 2.75) is 6.92 Å². The zero-order chi connectivity index (χ0) is 9.97. The Hall–Kier alpha value is -1.91. The Kier molecular flexibility index (Phi) is 2.14. The maximum absolute atomic E-state index is 10.2. The van der Waals surface area contributed by atoms with Gasteiger partial charge in [-0.15, -0.1) is 4.91 Å². The molecule has 0 saturated carbocycles. The van der Waals surface area contributed by atoms with Crippen LogP contribution in [0.25, 0.3) is 11.0 Å². The molecule has 0 radical (unpaired) electrons. The van der Waals surface area contributed by atoms with Gasteiger partial charge >= 0.3 is 0 Å². The van der Waals surface area contributed by atoms with E-state index in [1.165, 1.54) is 6.07 Å². The molecule has 0 saturated heterocycles. The van der Waals surface area contributed by atoms with Crippen molar-refractivity contribution in [1.29, 1.82) is 0 Å². The predicted octanol–water partition coefficient (Wildman–Crippen LogP) is 2.62. The number of nitroso groups, excluding NO2 is 1. The standard InChI is InChI=1S/C9H8N2O3/c1-2-13-9-7-4-3-6(10-12)5-8(7)14-11-9/h3-5H,2H2,1H3. The fourth-order valence-electron chi connectivity index (χ4n) is 1.20. The van der Waals surface area contributed by atoms with Gasteiger partial charge in [-0.3, -0.25) is 0 Å². The minimum absolute atomic E-state index is 0.316. The third-order valence-corrected chi connectivity index (χ3v) is 1.81. The lowest BCUT2D eigenvalue weighted by Gasteiger charge is -1.95. The number of benzene rings is 1. The van der Waals surface area contributed by atoms with E-state index in [2.05, 4.69) is 10.3 Å². The fourth-order valence-corrected chi connectivity index (χ4v) is 1.20. The second-order valence-corrected chi connectivity index (χ2v) is 2.69. The highest BCUT2D eigenvalue weighted by Crippen LogP contribution is 2.28. The molecule has 1 aromatic carbocycles. The van der Waals surface area contributed by atoms with Crippen molar-refractivity contribution in [3.8, 4) is 5.88 Å². The van der Waals surface area contributed by atoms with Crippen LogP contribution >= 0.6 is 0 Å². The zero-order valence-corrected chi connectivity index (χ0v) is 7.56. The predicted molar refractivity (Wildman–Crippen MR) is 50.6 cm³/mol. The van der Waals surface area contributed by atoms with E-state index in [4.69, 9.17) is 9.26 Å². The molecule has 0 spiro atoms. The van der Waals surface area contributed by atoms with E-state index in [1.54, 1.807) is 12.1 Å². The topological polar surface area (TPSA) is 64.7 Å². The molecule has 72 valence electrons. The smallest absolute Gasteiger partial charge is 0.262 e. The number of rotatable bonds is 3. The number of ether oxygens (including phenoxy) is 1. The highest BCUT2D eigenvalue weighted by atomic mass is 16.5. The van der Waals surface area contributed by atoms with Crippen LogP contribution in [0.1, 0.15) is 6.92 Å². The van der Waals surface area contributed by atoms with Crippen LogP contribution in [0.4, 0.5) is 5.69 Å². The van der Waals surface area contributed by atoms with Crippen LogP contribution in [-0.4, -0.2) is 11.8 Å². The third-order valence-electron chi connectivity index (χ3n) is 1.81. The normalized spacial score (nSPS) is 10.4. The Balaban J connectivity index is 2.53. The van der Waals surface area contributed by atoms with Gasteiger partial charge in [0, 0.05) is 6.07 Å². The van der Waals surface area contributed by atoms with E-state index < -0.39 is 0 Å². The monoisotopic (exact) mass is 192 g/mol. The molecule has 0 atom stereocenters. The first-order valence-corrected chi connectivity index (χ1v) is 4.20. The maximum Gasteiger partial charge on any atom is 0.262 e. The number of nitrogens with zero attached hydrogens (tertiary/aromatic N) is 2. The molecule has 1 aromatic heterocycles. The summed E-state index contributed by atoms with van der Waals surface area (Å²) in [5.74, 6) is 0.444. The second kappa shape index (κ2) is 3.45. The zero-order valence-electron chi connectivity index (χ0n) is 7.56. The van der Waals surface area contributed by atoms with E-state index in [-0.39, 0.29) is 0 Å². The summed E-state index contributed by atoms with van der Waals surface area (Å²) in [7, 11) is 0. The van der Waals surface area contributed by atoms with Crippen molar-refractivity contribution in [3.05, 3.63) is 23.1 Å². The summed E-state index contributed by atoms with van der Waals surface area (Å²) >= 11 is 0. The van der Waals surface area contributed by atoms with Crippen molar-refractivity contribution < 1.29 is 9.26 Å². The quantitative estimate of drug-likeness (QED) is 0.701. The lowest BCUT2D eigenvalue weighted by molar-refractivity contribution is 0.301. The molecule has 0 aliphatic rings. The minimum Gasteiger partial charge on any atom is -0.475 e. The summed E-state index contributed by atoms with van der Waals surface area (Å²) < 4.78 is 10.2. The highest BCUT2D eigenvalue weighted by Gasteiger charge is 2.09. The van der Waals surface area contributed by atoms with Gasteiger partial charge in [0.15, 0.2) is 5.58 Å². The van der Waals surface area contributed by atoms with Crippen LogP contribution in [0.3, 0.4) is 0 Å². The average Bonchev–Trinajstić information content (AvgIpc) is 2.61. The van der Waals surface area contributed by atoms with E-state index in [0.717, 1.165) is 5.39 Å². The number of aromatic nitrogens is 1. The van der Waals surface area contributed by atoms with Gasteiger partial charge in [0.25, 0.3) is 5.88 Å². The molecule has 0 amide bonds. The molecule has 5 heteroatoms. The Bertz CT molecular complexity index is 464. The molecular formula is C9H8N2O3. The fraction of sp³-hybridized carbons (Fsp3) is 0.222. The molecule has 2 aromatic rings. The summed E-state index contributed by atoms with van der Waals surface area (Å²) in [5, 5.41) is 7.27. The van der Waals surface area contributed by atoms with E-state index in [9.17, 15) is 4.91 Å². The molecule has 0 aliphatic carbocycles. The molecule has 1 heterocycles. The van der Waals surface area contributed by atoms with Crippen LogP contribution in [0, 0.1) is 4.91 Å². The third kappa shape index (κ3) is 1.32. The second-order valence-electron chi connectivity index (χ2n) is 2.69. The van der Waals surface area contributed by atoms with E-state index in [0.29, 0.717) is 23.8 Å². The van der Waals surface area contributed by atoms with Gasteiger partial charge in [0.2, 0.25) is 0 Å². The summed E-state index contributed by atoms with van der Waals surface area (Å²) in [5.41, 5.74) is 0.822. The first kappa shape index (κ1) is 8.68. The Morgan fingerprint density at radius 1 is 1.57 bits per heavy atom. The van der Waals surface area contributed by atoms with Crippen LogP contribution in [0.2, 0.25) is 0 Å². The van der Waals surface area contributed by atoms with Crippen molar-refractivity contribution in [1.82, 2.24) is 5.16 Å². The number of fused-ring (bicyclic) bond motifs is 1. The largest absolute Gasteiger partial charge is 0.475 e. The molecule has 0 fully saturated rings. The van der Waals surface area contributed by atoms with Crippen LogP contribution in [0.15, 0.2) is 27.9 Å². The molecule has 14 heavy (non-hydrogen) atoms. The Morgan fingerprint density at radius 3 is 3.14 bits per heavy atom. The van der Waals surface area contributed by atoms with Crippen molar-refractivity contribution >= 4 is 16.7 Å². The van der Waals surface area contributed by atoms with Gasteiger partial charge in [0.1, 0.15) is 5.69 Å². The minimum atomic E-state index is 0.316. The lowest BCUT2D eigenvalue weighted by atomic mass is 10.2. The summed E-state index contributed by atoms with van der Waals surface area (Å²) in [6.07, 6.45) is 0. The number of hydrogen-bond acceptors (Lipinski definition) is 5. The van der Waals surface area contributed by atoms with Gasteiger partial charge in [-0.25, -0.2) is 0 Å². The molecule has 5 nitrogen and oxygen atoms in total. The maximum atomic E-state index is 10.2. The summed E-state index contributed by atoms with van der Waals surface area (Å²) in [6, 6.07) is 4.82. The highest BCUT2D eigenvalue weighted by molar-refractivity contribution is 5.84. The molecule has 2 rings (SSSR count). The van der Waals surface area contributed by atoms with Crippen LogP contribution in [-0.2, 0) is 0 Å². The molecule has 0 aliphatic heterocycles. The summed E-state index contributed by atoms with van der Waals surface area (Å²) in [4.78, 5) is 10.2. The van der Waals surface area contributed by atoms with Crippen molar-refractivity contribution in [2.24, 2.45) is 5.18 Å². The first-order valence-electron chi connectivity index (χ1n) is 4.20. The van der Waals surface area contributed by atoms with Gasteiger partial charge in [-0.1, -0.05) is 0 Å². The molecule has 0 N–H and O–H groups in total. The van der Waals surface area contributed by atoms with E-state index >= 15 is 0 Å². The lowest BCUT2D eigenvalue weighted by Crippen LogP contribution is -1.90. The van der Waals surface area contributed by atoms with Gasteiger partial charge in [0.05, 0.1) is 12.0 Å². The van der Waals surface area contributed by atoms with Gasteiger partial charge in [-0.2, -0.15) is 0 Å². The van der Waals surface area contributed by atoms with Crippen LogP contribution in [0.5, 0.6) is 5.88 Å². The Morgan fingerprint density at radius 2 is 2.43 bits per heavy atom. The average molecular weight is 192 g/mol. The van der Waals surface area contributed by atoms with Gasteiger partial charge in [-0.05, 0) is 29.4 Å². The molecule has 0 bridgehead atoms. The van der Waals surface area contributed by atoms with Crippen molar-refractivity contribution in [3.63, 3.8) is 0 Å². The van der Waals surface area contributed by atoms with Crippen molar-refractivity contribution in [2.75, 3.05) is 6.61 Å². The Labute approximate surface area is 79.6 Å². The van der Waals surface area contributed by atoms with Gasteiger partial charge < -0.3 is 9.26 Å². The molecular weight excluding hydrogens is 184 g/mol. The summed E-state index contributed by atoms with van der Waals surface area (Å²) in [6.45, 7) is 2.39. The number of hydrogen-bond donors (Lipinski definition) is 0.